The van der Waals surface area contributed by atoms with E-state index in [2.05, 4.69) is 4.99 Å². The quantitative estimate of drug-likeness (QED) is 0.618. The minimum Gasteiger partial charge on any atom is -0.497 e. The smallest absolute Gasteiger partial charge is 0.357 e. The fourth-order valence-corrected chi connectivity index (χ4v) is 1.95. The molecule has 0 N–H and O–H groups in total. The number of methoxy groups -OCH3 is 1. The van der Waals surface area contributed by atoms with Crippen molar-refractivity contribution in [1.82, 2.24) is 0 Å². The number of carbonyl (C=O) groups excluding carboxylic acids is 1. The van der Waals surface area contributed by atoms with Gasteiger partial charge in [0.1, 0.15) is 5.75 Å². The van der Waals surface area contributed by atoms with Gasteiger partial charge in [-0.25, -0.2) is 9.79 Å². The molecule has 2 aromatic rings. The minimum atomic E-state index is -0.472. The fourth-order valence-electron chi connectivity index (χ4n) is 1.82. The van der Waals surface area contributed by atoms with E-state index in [9.17, 15) is 4.79 Å². The van der Waals surface area contributed by atoms with E-state index >= 15 is 0 Å². The van der Waals surface area contributed by atoms with E-state index in [0.29, 0.717) is 16.3 Å². The summed E-state index contributed by atoms with van der Waals surface area (Å²) in [6, 6.07) is 14.0. The number of hydrogen-bond acceptors (Lipinski definition) is 4. The summed E-state index contributed by atoms with van der Waals surface area (Å²) >= 11 is 5.88. The van der Waals surface area contributed by atoms with Gasteiger partial charge >= 0.3 is 5.97 Å². The Morgan fingerprint density at radius 2 is 1.73 bits per heavy atom. The molecule has 0 saturated carbocycles. The van der Waals surface area contributed by atoms with Crippen molar-refractivity contribution in [1.29, 1.82) is 0 Å². The lowest BCUT2D eigenvalue weighted by Gasteiger charge is -2.07. The standard InChI is InChI=1S/C17H16ClNO3/c1-3-22-17(20)16(12-4-6-13(18)7-5-12)19-14-8-10-15(21-2)11-9-14/h4-11H,3H2,1-2H3. The van der Waals surface area contributed by atoms with Crippen LogP contribution in [0.25, 0.3) is 0 Å². The highest BCUT2D eigenvalue weighted by atomic mass is 35.5. The van der Waals surface area contributed by atoms with Gasteiger partial charge in [0.15, 0.2) is 5.71 Å². The van der Waals surface area contributed by atoms with E-state index in [0.717, 1.165) is 5.75 Å². The molecule has 0 aliphatic carbocycles. The van der Waals surface area contributed by atoms with Crippen molar-refractivity contribution < 1.29 is 14.3 Å². The maximum atomic E-state index is 12.1. The van der Waals surface area contributed by atoms with Crippen LogP contribution < -0.4 is 4.74 Å². The second kappa shape index (κ2) is 7.61. The molecule has 5 heteroatoms. The Morgan fingerprint density at radius 1 is 1.09 bits per heavy atom. The molecule has 0 heterocycles. The fraction of sp³-hybridized carbons (Fsp3) is 0.176. The molecule has 0 aliphatic heterocycles. The summed E-state index contributed by atoms with van der Waals surface area (Å²) in [5.41, 5.74) is 1.53. The van der Waals surface area contributed by atoms with Crippen LogP contribution in [-0.4, -0.2) is 25.4 Å². The largest absolute Gasteiger partial charge is 0.497 e. The number of ether oxygens (including phenoxy) is 2. The van der Waals surface area contributed by atoms with Gasteiger partial charge in [-0.2, -0.15) is 0 Å². The van der Waals surface area contributed by atoms with Crippen molar-refractivity contribution >= 4 is 29.0 Å². The average Bonchev–Trinajstić information content (AvgIpc) is 2.54. The van der Waals surface area contributed by atoms with Crippen LogP contribution in [0.1, 0.15) is 12.5 Å². The number of halogens is 1. The van der Waals surface area contributed by atoms with E-state index in [4.69, 9.17) is 21.1 Å². The third kappa shape index (κ3) is 4.09. The lowest BCUT2D eigenvalue weighted by Crippen LogP contribution is -2.18. The van der Waals surface area contributed by atoms with Crippen molar-refractivity contribution in [2.24, 2.45) is 4.99 Å². The molecule has 2 aromatic carbocycles. The summed E-state index contributed by atoms with van der Waals surface area (Å²) < 4.78 is 10.2. The van der Waals surface area contributed by atoms with E-state index in [1.807, 2.05) is 0 Å². The number of aliphatic imine (C=N–C) groups is 1. The van der Waals surface area contributed by atoms with Crippen LogP contribution >= 0.6 is 11.6 Å². The van der Waals surface area contributed by atoms with Crippen LogP contribution in [0.4, 0.5) is 5.69 Å². The van der Waals surface area contributed by atoms with Crippen LogP contribution in [0, 0.1) is 0 Å². The molecule has 0 atom stereocenters. The Kier molecular flexibility index (Phi) is 5.55. The van der Waals surface area contributed by atoms with E-state index in [1.165, 1.54) is 0 Å². The van der Waals surface area contributed by atoms with E-state index in [1.54, 1.807) is 62.6 Å². The van der Waals surface area contributed by atoms with Crippen molar-refractivity contribution in [2.45, 2.75) is 6.92 Å². The van der Waals surface area contributed by atoms with Gasteiger partial charge < -0.3 is 9.47 Å². The first-order valence-corrected chi connectivity index (χ1v) is 7.17. The molecule has 114 valence electrons. The minimum absolute atomic E-state index is 0.240. The highest BCUT2D eigenvalue weighted by Crippen LogP contribution is 2.20. The predicted molar refractivity (Wildman–Crippen MR) is 87.3 cm³/mol. The second-order valence-electron chi connectivity index (χ2n) is 4.39. The summed E-state index contributed by atoms with van der Waals surface area (Å²) in [6.07, 6.45) is 0. The second-order valence-corrected chi connectivity index (χ2v) is 4.82. The maximum absolute atomic E-state index is 12.1. The Labute approximate surface area is 134 Å². The third-order valence-electron chi connectivity index (χ3n) is 2.90. The zero-order valence-corrected chi connectivity index (χ0v) is 13.1. The van der Waals surface area contributed by atoms with Crippen molar-refractivity contribution in [3.63, 3.8) is 0 Å². The van der Waals surface area contributed by atoms with E-state index in [-0.39, 0.29) is 12.3 Å². The number of carbonyl (C=O) groups is 1. The first-order valence-electron chi connectivity index (χ1n) is 6.80. The van der Waals surface area contributed by atoms with Gasteiger partial charge in [-0.3, -0.25) is 0 Å². The molecule has 0 unspecified atom stereocenters. The molecular formula is C17H16ClNO3. The molecule has 0 saturated heterocycles. The molecule has 22 heavy (non-hydrogen) atoms. The van der Waals surface area contributed by atoms with Crippen LogP contribution in [0.5, 0.6) is 5.75 Å². The Hall–Kier alpha value is -2.33. The molecule has 0 bridgehead atoms. The van der Waals surface area contributed by atoms with Gasteiger partial charge in [-0.05, 0) is 43.3 Å². The van der Waals surface area contributed by atoms with Crippen molar-refractivity contribution in [3.8, 4) is 5.75 Å². The number of hydrogen-bond donors (Lipinski definition) is 0. The lowest BCUT2D eigenvalue weighted by atomic mass is 10.1. The summed E-state index contributed by atoms with van der Waals surface area (Å²) in [5.74, 6) is 0.253. The zero-order chi connectivity index (χ0) is 15.9. The highest BCUT2D eigenvalue weighted by Gasteiger charge is 2.15. The van der Waals surface area contributed by atoms with Gasteiger partial charge in [-0.15, -0.1) is 0 Å². The summed E-state index contributed by atoms with van der Waals surface area (Å²) in [4.78, 5) is 16.5. The number of esters is 1. The summed E-state index contributed by atoms with van der Waals surface area (Å²) in [7, 11) is 1.59. The molecule has 0 spiro atoms. The summed E-state index contributed by atoms with van der Waals surface area (Å²) in [5, 5.41) is 0.594. The maximum Gasteiger partial charge on any atom is 0.357 e. The van der Waals surface area contributed by atoms with Crippen LogP contribution in [0.2, 0.25) is 5.02 Å². The van der Waals surface area contributed by atoms with Gasteiger partial charge in [0.25, 0.3) is 0 Å². The van der Waals surface area contributed by atoms with Gasteiger partial charge in [0.2, 0.25) is 0 Å². The molecule has 2 rings (SSSR count). The van der Waals surface area contributed by atoms with Crippen molar-refractivity contribution in [3.05, 3.63) is 59.1 Å². The Balaban J connectivity index is 2.40. The Bertz CT molecular complexity index is 663. The SMILES string of the molecule is CCOC(=O)C(=Nc1ccc(OC)cc1)c1ccc(Cl)cc1. The Morgan fingerprint density at radius 3 is 2.27 bits per heavy atom. The van der Waals surface area contributed by atoms with Crippen molar-refractivity contribution in [2.75, 3.05) is 13.7 Å². The molecule has 0 fully saturated rings. The third-order valence-corrected chi connectivity index (χ3v) is 3.15. The normalized spacial score (nSPS) is 11.1. The number of rotatable bonds is 5. The molecule has 0 aliphatic rings. The van der Waals surface area contributed by atoms with Gasteiger partial charge in [0.05, 0.1) is 19.4 Å². The lowest BCUT2D eigenvalue weighted by molar-refractivity contribution is -0.134. The van der Waals surface area contributed by atoms with E-state index < -0.39 is 5.97 Å². The molecule has 4 nitrogen and oxygen atoms in total. The molecular weight excluding hydrogens is 302 g/mol. The molecule has 0 amide bonds. The number of nitrogens with zero attached hydrogens (tertiary/aromatic N) is 1. The molecule has 0 radical (unpaired) electrons. The van der Waals surface area contributed by atoms with Gasteiger partial charge in [0, 0.05) is 10.6 Å². The first kappa shape index (κ1) is 16.0. The monoisotopic (exact) mass is 317 g/mol. The van der Waals surface area contributed by atoms with Crippen LogP contribution in [0.15, 0.2) is 53.5 Å². The van der Waals surface area contributed by atoms with Gasteiger partial charge in [-0.1, -0.05) is 23.7 Å². The topological polar surface area (TPSA) is 47.9 Å². The van der Waals surface area contributed by atoms with Crippen LogP contribution in [-0.2, 0) is 9.53 Å². The molecule has 0 aromatic heterocycles. The number of benzene rings is 2. The van der Waals surface area contributed by atoms with Crippen LogP contribution in [0.3, 0.4) is 0 Å². The summed E-state index contributed by atoms with van der Waals surface area (Å²) in [6.45, 7) is 2.04. The predicted octanol–water partition coefficient (Wildman–Crippen LogP) is 4.03. The zero-order valence-electron chi connectivity index (χ0n) is 12.4. The first-order chi connectivity index (χ1) is 10.6. The average molecular weight is 318 g/mol. The highest BCUT2D eigenvalue weighted by molar-refractivity contribution is 6.44.